The lowest BCUT2D eigenvalue weighted by Gasteiger charge is -2.22. The minimum absolute atomic E-state index is 0.833. The van der Waals surface area contributed by atoms with Crippen LogP contribution in [0, 0.1) is 17.8 Å². The Morgan fingerprint density at radius 3 is 1.02 bits per heavy atom. The Labute approximate surface area is 266 Å². The molecule has 0 N–H and O–H groups in total. The highest BCUT2D eigenvalue weighted by atomic mass is 14.2. The molecule has 0 heteroatoms. The third kappa shape index (κ3) is 59.3. The Kier molecular flexibility index (Phi) is 55.7. The lowest BCUT2D eigenvalue weighted by molar-refractivity contribution is 0.301. The summed E-state index contributed by atoms with van der Waals surface area (Å²) in [5, 5.41) is 0. The Bertz CT molecular complexity index is 518. The molecule has 0 amide bonds. The molecule has 1 saturated carbocycles. The van der Waals surface area contributed by atoms with Gasteiger partial charge in [0, 0.05) is 0 Å². The Balaban J connectivity index is -0.0000000922. The summed E-state index contributed by atoms with van der Waals surface area (Å²) >= 11 is 0. The second kappa shape index (κ2) is 43.4. The fraction of sp³-hybridized carbons (Fsp3) is 0.805. The third-order valence-electron chi connectivity index (χ3n) is 6.46. The first kappa shape index (κ1) is 52.6. The molecule has 1 rings (SSSR count). The van der Waals surface area contributed by atoms with Gasteiger partial charge in [-0.2, -0.15) is 0 Å². The molecule has 1 fully saturated rings. The van der Waals surface area contributed by atoms with Gasteiger partial charge in [0.1, 0.15) is 0 Å². The van der Waals surface area contributed by atoms with Crippen LogP contribution in [-0.4, -0.2) is 0 Å². The lowest BCUT2D eigenvalue weighted by atomic mass is 9.84. The average Bonchev–Trinajstić information content (AvgIpc) is 2.92. The van der Waals surface area contributed by atoms with Crippen LogP contribution in [-0.2, 0) is 0 Å². The van der Waals surface area contributed by atoms with Crippen LogP contribution in [0.2, 0.25) is 0 Å². The predicted molar refractivity (Wildman–Crippen MR) is 201 cm³/mol. The van der Waals surface area contributed by atoms with Gasteiger partial charge >= 0.3 is 0 Å². The topological polar surface area (TPSA) is 0 Å². The molecule has 2 atom stereocenters. The minimum atomic E-state index is 0.833. The summed E-state index contributed by atoms with van der Waals surface area (Å²) in [4.78, 5) is 0. The maximum Gasteiger partial charge on any atom is -0.0326 e. The SMILES string of the molecule is C=C(C)/C(C)=C(/C)C(=C)C.C=C(C)CCCC.CC.CC.CC(C)C.CC1CCCC(C)C1.CCCCCCCC. The van der Waals surface area contributed by atoms with Crippen LogP contribution in [0.1, 0.15) is 201 Å². The van der Waals surface area contributed by atoms with Gasteiger partial charge in [0.15, 0.2) is 0 Å². The van der Waals surface area contributed by atoms with E-state index in [0.717, 1.165) is 28.9 Å². The summed E-state index contributed by atoms with van der Waals surface area (Å²) in [6.07, 6.45) is 18.2. The number of rotatable bonds is 10. The zero-order valence-corrected chi connectivity index (χ0v) is 32.5. The first-order valence-electron chi connectivity index (χ1n) is 17.8. The van der Waals surface area contributed by atoms with E-state index in [0.29, 0.717) is 0 Å². The number of allylic oxidation sites excluding steroid dienone is 5. The summed E-state index contributed by atoms with van der Waals surface area (Å²) in [5.74, 6) is 2.86. The van der Waals surface area contributed by atoms with Crippen molar-refractivity contribution in [1.82, 2.24) is 0 Å². The van der Waals surface area contributed by atoms with E-state index < -0.39 is 0 Å². The van der Waals surface area contributed by atoms with Gasteiger partial charge < -0.3 is 0 Å². The van der Waals surface area contributed by atoms with Crippen LogP contribution >= 0.6 is 0 Å². The molecule has 2 unspecified atom stereocenters. The summed E-state index contributed by atoms with van der Waals surface area (Å²) in [7, 11) is 0. The summed E-state index contributed by atoms with van der Waals surface area (Å²) in [5.41, 5.74) is 6.07. The monoisotopic (exact) mass is 579 g/mol. The van der Waals surface area contributed by atoms with Gasteiger partial charge in [0.25, 0.3) is 0 Å². The molecule has 1 aliphatic rings. The van der Waals surface area contributed by atoms with Gasteiger partial charge in [-0.15, -0.1) is 6.58 Å². The van der Waals surface area contributed by atoms with Crippen molar-refractivity contribution >= 4 is 0 Å². The van der Waals surface area contributed by atoms with Crippen molar-refractivity contribution in [2.75, 3.05) is 0 Å². The van der Waals surface area contributed by atoms with Crippen molar-refractivity contribution < 1.29 is 0 Å². The zero-order valence-electron chi connectivity index (χ0n) is 32.5. The number of hydrogen-bond donors (Lipinski definition) is 0. The van der Waals surface area contributed by atoms with Gasteiger partial charge in [0.05, 0.1) is 0 Å². The highest BCUT2D eigenvalue weighted by molar-refractivity contribution is 5.38. The summed E-state index contributed by atoms with van der Waals surface area (Å²) in [6.45, 7) is 47.7. The Hall–Kier alpha value is -1.04. The van der Waals surface area contributed by atoms with E-state index in [1.54, 1.807) is 0 Å². The maximum atomic E-state index is 3.86. The second-order valence-corrected chi connectivity index (χ2v) is 12.4. The molecule has 0 heterocycles. The smallest absolute Gasteiger partial charge is 0.0326 e. The van der Waals surface area contributed by atoms with Crippen molar-refractivity contribution in [3.05, 3.63) is 47.6 Å². The minimum Gasteiger partial charge on any atom is -0.100 e. The van der Waals surface area contributed by atoms with E-state index in [9.17, 15) is 0 Å². The van der Waals surface area contributed by atoms with Crippen LogP contribution in [0.3, 0.4) is 0 Å². The quantitative estimate of drug-likeness (QED) is 0.137. The Morgan fingerprint density at radius 2 is 0.878 bits per heavy atom. The largest absolute Gasteiger partial charge is 0.100 e. The van der Waals surface area contributed by atoms with Gasteiger partial charge in [-0.3, -0.25) is 0 Å². The molecule has 250 valence electrons. The van der Waals surface area contributed by atoms with E-state index in [2.05, 4.69) is 95.9 Å². The summed E-state index contributed by atoms with van der Waals surface area (Å²) < 4.78 is 0. The van der Waals surface area contributed by atoms with E-state index in [-0.39, 0.29) is 0 Å². The van der Waals surface area contributed by atoms with Crippen LogP contribution in [0.4, 0.5) is 0 Å². The molecule has 0 aliphatic heterocycles. The molecular formula is C41H86. The normalized spacial score (nSPS) is 15.4. The van der Waals surface area contributed by atoms with Crippen molar-refractivity contribution in [3.8, 4) is 0 Å². The van der Waals surface area contributed by atoms with Crippen LogP contribution in [0.5, 0.6) is 0 Å². The molecule has 1 aliphatic carbocycles. The molecule has 0 spiro atoms. The zero-order chi connectivity index (χ0) is 33.8. The van der Waals surface area contributed by atoms with Gasteiger partial charge in [0.2, 0.25) is 0 Å². The van der Waals surface area contributed by atoms with Crippen LogP contribution < -0.4 is 0 Å². The van der Waals surface area contributed by atoms with Gasteiger partial charge in [-0.25, -0.2) is 0 Å². The average molecular weight is 579 g/mol. The van der Waals surface area contributed by atoms with Crippen molar-refractivity contribution in [2.45, 2.75) is 201 Å². The highest BCUT2D eigenvalue weighted by Gasteiger charge is 2.13. The molecule has 0 saturated heterocycles. The molecule has 0 aromatic heterocycles. The second-order valence-electron chi connectivity index (χ2n) is 12.4. The molecule has 0 bridgehead atoms. The van der Waals surface area contributed by atoms with E-state index in [1.165, 1.54) is 100 Å². The van der Waals surface area contributed by atoms with Crippen LogP contribution in [0.15, 0.2) is 47.6 Å². The van der Waals surface area contributed by atoms with E-state index in [4.69, 9.17) is 0 Å². The fourth-order valence-electron chi connectivity index (χ4n) is 3.71. The number of hydrogen-bond acceptors (Lipinski definition) is 0. The van der Waals surface area contributed by atoms with Crippen molar-refractivity contribution in [3.63, 3.8) is 0 Å². The number of unbranched alkanes of at least 4 members (excludes halogenated alkanes) is 6. The van der Waals surface area contributed by atoms with Gasteiger partial charge in [-0.1, -0.05) is 177 Å². The third-order valence-corrected chi connectivity index (χ3v) is 6.46. The molecule has 0 aromatic carbocycles. The predicted octanol–water partition coefficient (Wildman–Crippen LogP) is 16.1. The van der Waals surface area contributed by atoms with E-state index >= 15 is 0 Å². The Morgan fingerprint density at radius 1 is 0.585 bits per heavy atom. The maximum absolute atomic E-state index is 3.86. The molecular weight excluding hydrogens is 492 g/mol. The summed E-state index contributed by atoms with van der Waals surface area (Å²) in [6, 6.07) is 0. The first-order chi connectivity index (χ1) is 19.2. The van der Waals surface area contributed by atoms with Gasteiger partial charge in [-0.05, 0) is 82.8 Å². The highest BCUT2D eigenvalue weighted by Crippen LogP contribution is 2.27. The standard InChI is InChI=1S/C10H16.C8H16.C8H18.C7H14.C4H10.2C2H6/c1-7(2)9(5)10(6)8(3)4;1-7-4-3-5-8(2)6-7;1-3-5-7-8-6-4-2;1-4-5-6-7(2)3;1-4(2)3;2*1-2/h1,3H2,2,4-6H3;7-8H,3-6H2,1-2H3;3-8H2,1-2H3;2,4-6H2,1,3H3;4H,1-3H3;2*1-2H3/b10-9-;;;;;;. The van der Waals surface area contributed by atoms with Crippen molar-refractivity contribution in [1.29, 1.82) is 0 Å². The first-order valence-corrected chi connectivity index (χ1v) is 17.8. The van der Waals surface area contributed by atoms with Crippen molar-refractivity contribution in [2.24, 2.45) is 17.8 Å². The molecule has 0 radical (unpaired) electrons. The molecule has 0 aromatic rings. The lowest BCUT2D eigenvalue weighted by Crippen LogP contribution is -2.09. The van der Waals surface area contributed by atoms with Crippen LogP contribution in [0.25, 0.3) is 0 Å². The molecule has 0 nitrogen and oxygen atoms in total. The van der Waals surface area contributed by atoms with E-state index in [1.807, 2.05) is 41.5 Å². The molecule has 41 heavy (non-hydrogen) atoms. The fourth-order valence-corrected chi connectivity index (χ4v) is 3.71.